The minimum absolute atomic E-state index is 0.0493. The molecule has 0 aromatic carbocycles. The summed E-state index contributed by atoms with van der Waals surface area (Å²) in [4.78, 5) is 11.2. The monoisotopic (exact) mass is 185 g/mol. The Morgan fingerprint density at radius 3 is 2.85 bits per heavy atom. The van der Waals surface area contributed by atoms with Gasteiger partial charge >= 0.3 is 5.97 Å². The predicted octanol–water partition coefficient (Wildman–Crippen LogP) is 1.17. The molecule has 0 amide bonds. The third-order valence-corrected chi connectivity index (χ3v) is 3.18. The fourth-order valence-corrected chi connectivity index (χ4v) is 2.11. The average molecular weight is 185 g/mol. The first kappa shape index (κ1) is 10.5. The van der Waals surface area contributed by atoms with Crippen LogP contribution in [-0.2, 0) is 9.53 Å². The third-order valence-electron chi connectivity index (χ3n) is 3.18. The summed E-state index contributed by atoms with van der Waals surface area (Å²) in [6.45, 7) is 2.88. The average Bonchev–Trinajstić information content (AvgIpc) is 2.64. The second-order valence-corrected chi connectivity index (χ2v) is 4.01. The van der Waals surface area contributed by atoms with Gasteiger partial charge in [0.25, 0.3) is 0 Å². The van der Waals surface area contributed by atoms with Crippen LogP contribution in [0.1, 0.15) is 26.2 Å². The van der Waals surface area contributed by atoms with Crippen molar-refractivity contribution in [3.05, 3.63) is 0 Å². The van der Waals surface area contributed by atoms with Crippen LogP contribution >= 0.6 is 0 Å². The molecule has 0 aromatic heterocycles. The highest BCUT2D eigenvalue weighted by atomic mass is 16.5. The summed E-state index contributed by atoms with van der Waals surface area (Å²) in [5.41, 5.74) is 5.59. The van der Waals surface area contributed by atoms with E-state index in [-0.39, 0.29) is 11.9 Å². The van der Waals surface area contributed by atoms with Crippen molar-refractivity contribution in [2.45, 2.75) is 26.2 Å². The Bertz CT molecular complexity index is 182. The molecule has 3 nitrogen and oxygen atoms in total. The highest BCUT2D eigenvalue weighted by molar-refractivity contribution is 5.72. The van der Waals surface area contributed by atoms with E-state index >= 15 is 0 Å². The Kier molecular flexibility index (Phi) is 3.72. The van der Waals surface area contributed by atoms with Crippen molar-refractivity contribution in [3.8, 4) is 0 Å². The summed E-state index contributed by atoms with van der Waals surface area (Å²) in [5, 5.41) is 0. The number of ether oxygens (including phenoxy) is 1. The van der Waals surface area contributed by atoms with Crippen LogP contribution in [0.5, 0.6) is 0 Å². The van der Waals surface area contributed by atoms with Crippen molar-refractivity contribution in [1.29, 1.82) is 0 Å². The largest absolute Gasteiger partial charge is 0.469 e. The molecule has 76 valence electrons. The molecule has 1 rings (SSSR count). The number of hydrogen-bond donors (Lipinski definition) is 1. The summed E-state index contributed by atoms with van der Waals surface area (Å²) in [6.07, 6.45) is 3.06. The van der Waals surface area contributed by atoms with Gasteiger partial charge in [-0.1, -0.05) is 6.92 Å². The van der Waals surface area contributed by atoms with Crippen molar-refractivity contribution in [2.75, 3.05) is 13.7 Å². The quantitative estimate of drug-likeness (QED) is 0.671. The predicted molar refractivity (Wildman–Crippen MR) is 51.1 cm³/mol. The lowest BCUT2D eigenvalue weighted by Crippen LogP contribution is -2.20. The van der Waals surface area contributed by atoms with E-state index in [1.807, 2.05) is 0 Å². The number of carbonyl (C=O) groups is 1. The van der Waals surface area contributed by atoms with Crippen LogP contribution in [0, 0.1) is 17.8 Å². The number of nitrogens with two attached hydrogens (primary N) is 1. The van der Waals surface area contributed by atoms with Crippen molar-refractivity contribution in [1.82, 2.24) is 0 Å². The third kappa shape index (κ3) is 2.44. The lowest BCUT2D eigenvalue weighted by molar-refractivity contribution is -0.145. The molecule has 0 saturated heterocycles. The van der Waals surface area contributed by atoms with Crippen molar-refractivity contribution in [2.24, 2.45) is 23.5 Å². The van der Waals surface area contributed by atoms with Crippen LogP contribution in [-0.4, -0.2) is 19.6 Å². The van der Waals surface area contributed by atoms with Gasteiger partial charge in [-0.05, 0) is 37.6 Å². The van der Waals surface area contributed by atoms with Crippen LogP contribution in [0.4, 0.5) is 0 Å². The van der Waals surface area contributed by atoms with Gasteiger partial charge in [-0.2, -0.15) is 0 Å². The Morgan fingerprint density at radius 2 is 2.31 bits per heavy atom. The van der Waals surface area contributed by atoms with Gasteiger partial charge in [-0.15, -0.1) is 0 Å². The summed E-state index contributed by atoms with van der Waals surface area (Å²) in [6, 6.07) is 0. The van der Waals surface area contributed by atoms with E-state index in [1.165, 1.54) is 7.11 Å². The number of rotatable bonds is 3. The van der Waals surface area contributed by atoms with Crippen LogP contribution in [0.3, 0.4) is 0 Å². The van der Waals surface area contributed by atoms with E-state index in [4.69, 9.17) is 10.5 Å². The molecule has 0 heterocycles. The van der Waals surface area contributed by atoms with Crippen LogP contribution in [0.15, 0.2) is 0 Å². The molecule has 1 fully saturated rings. The molecule has 0 spiro atoms. The van der Waals surface area contributed by atoms with Crippen LogP contribution < -0.4 is 5.73 Å². The van der Waals surface area contributed by atoms with Gasteiger partial charge in [0.15, 0.2) is 0 Å². The molecule has 0 aliphatic heterocycles. The summed E-state index contributed by atoms with van der Waals surface area (Å²) < 4.78 is 4.73. The summed E-state index contributed by atoms with van der Waals surface area (Å²) >= 11 is 0. The first-order valence-corrected chi connectivity index (χ1v) is 4.97. The second kappa shape index (κ2) is 4.61. The van der Waals surface area contributed by atoms with E-state index in [0.29, 0.717) is 11.8 Å². The van der Waals surface area contributed by atoms with E-state index < -0.39 is 0 Å². The normalized spacial score (nSPS) is 30.1. The van der Waals surface area contributed by atoms with Gasteiger partial charge in [0.1, 0.15) is 0 Å². The fourth-order valence-electron chi connectivity index (χ4n) is 2.11. The van der Waals surface area contributed by atoms with Gasteiger partial charge in [-0.25, -0.2) is 0 Å². The minimum atomic E-state index is -0.0493. The topological polar surface area (TPSA) is 52.3 Å². The highest BCUT2D eigenvalue weighted by Gasteiger charge is 2.32. The van der Waals surface area contributed by atoms with Crippen molar-refractivity contribution in [3.63, 3.8) is 0 Å². The number of carbonyl (C=O) groups excluding carboxylic acids is 1. The molecular weight excluding hydrogens is 166 g/mol. The highest BCUT2D eigenvalue weighted by Crippen LogP contribution is 2.35. The zero-order valence-corrected chi connectivity index (χ0v) is 8.45. The van der Waals surface area contributed by atoms with Crippen LogP contribution in [0.2, 0.25) is 0 Å². The molecule has 1 aliphatic carbocycles. The second-order valence-electron chi connectivity index (χ2n) is 4.01. The molecule has 1 aliphatic rings. The first-order valence-electron chi connectivity index (χ1n) is 4.97. The van der Waals surface area contributed by atoms with Gasteiger partial charge in [0.2, 0.25) is 0 Å². The molecule has 3 atom stereocenters. The molecule has 2 N–H and O–H groups in total. The first-order chi connectivity index (χ1) is 6.19. The summed E-state index contributed by atoms with van der Waals surface area (Å²) in [7, 11) is 1.46. The zero-order chi connectivity index (χ0) is 9.84. The Morgan fingerprint density at radius 1 is 1.62 bits per heavy atom. The van der Waals surface area contributed by atoms with E-state index in [0.717, 1.165) is 25.8 Å². The molecule has 3 unspecified atom stereocenters. The number of hydrogen-bond acceptors (Lipinski definition) is 3. The molecule has 0 bridgehead atoms. The molecule has 13 heavy (non-hydrogen) atoms. The van der Waals surface area contributed by atoms with Gasteiger partial charge < -0.3 is 10.5 Å². The maximum Gasteiger partial charge on any atom is 0.308 e. The minimum Gasteiger partial charge on any atom is -0.469 e. The summed E-state index contributed by atoms with van der Waals surface area (Å²) in [5.74, 6) is 1.24. The molecule has 1 saturated carbocycles. The smallest absolute Gasteiger partial charge is 0.308 e. The van der Waals surface area contributed by atoms with Crippen molar-refractivity contribution >= 4 is 5.97 Å². The Labute approximate surface area is 79.6 Å². The lowest BCUT2D eigenvalue weighted by Gasteiger charge is -2.16. The van der Waals surface area contributed by atoms with Crippen LogP contribution in [0.25, 0.3) is 0 Å². The van der Waals surface area contributed by atoms with Gasteiger partial charge in [-0.3, -0.25) is 4.79 Å². The molecular formula is C10H19NO2. The fraction of sp³-hybridized carbons (Fsp3) is 0.900. The Balaban J connectivity index is 2.40. The van der Waals surface area contributed by atoms with Gasteiger partial charge in [0.05, 0.1) is 13.0 Å². The maximum atomic E-state index is 11.2. The number of esters is 1. The van der Waals surface area contributed by atoms with Crippen molar-refractivity contribution < 1.29 is 9.53 Å². The molecule has 0 aromatic rings. The van der Waals surface area contributed by atoms with E-state index in [2.05, 4.69) is 6.92 Å². The molecule has 3 heteroatoms. The number of methoxy groups -OCH3 is 1. The maximum absolute atomic E-state index is 11.2. The van der Waals surface area contributed by atoms with E-state index in [1.54, 1.807) is 0 Å². The zero-order valence-electron chi connectivity index (χ0n) is 8.45. The lowest BCUT2D eigenvalue weighted by atomic mass is 9.92. The standard InChI is InChI=1S/C10H19NO2/c1-7(6-11)8-3-4-9(5-8)10(12)13-2/h7-9H,3-6,11H2,1-2H3. The Hall–Kier alpha value is -0.570. The SMILES string of the molecule is COC(=O)C1CCC(C(C)CN)C1. The van der Waals surface area contributed by atoms with E-state index in [9.17, 15) is 4.79 Å². The van der Waals surface area contributed by atoms with Gasteiger partial charge in [0, 0.05) is 0 Å². The molecule has 0 radical (unpaired) electrons.